The minimum atomic E-state index is 0.652. The van der Waals surface area contributed by atoms with Gasteiger partial charge in [0.25, 0.3) is 0 Å². The Balaban J connectivity index is 1.97. The molecular weight excluding hydrogens is 361 g/mol. The molecule has 6 heteroatoms. The third-order valence-electron chi connectivity index (χ3n) is 2.77. The van der Waals surface area contributed by atoms with Gasteiger partial charge < -0.3 is 5.32 Å². The minimum absolute atomic E-state index is 0.652. The van der Waals surface area contributed by atoms with Gasteiger partial charge in [-0.25, -0.2) is 9.97 Å². The van der Waals surface area contributed by atoms with Gasteiger partial charge in [0.1, 0.15) is 16.2 Å². The fraction of sp³-hybridized carbons (Fsp3) is 0.286. The summed E-state index contributed by atoms with van der Waals surface area (Å²) in [7, 11) is 0. The molecule has 0 aliphatic heterocycles. The van der Waals surface area contributed by atoms with Crippen LogP contribution in [0.1, 0.15) is 18.3 Å². The van der Waals surface area contributed by atoms with Crippen LogP contribution in [0.3, 0.4) is 0 Å². The van der Waals surface area contributed by atoms with Gasteiger partial charge in [0.05, 0.1) is 0 Å². The molecule has 1 N–H and O–H groups in total. The monoisotopic (exact) mass is 373 g/mol. The first kappa shape index (κ1) is 15.5. The second kappa shape index (κ2) is 7.25. The fourth-order valence-electron chi connectivity index (χ4n) is 1.76. The van der Waals surface area contributed by atoms with E-state index < -0.39 is 0 Å². The van der Waals surface area contributed by atoms with Crippen molar-refractivity contribution >= 4 is 44.9 Å². The first-order valence-electron chi connectivity index (χ1n) is 6.29. The number of benzene rings is 1. The second-order valence-corrected chi connectivity index (χ2v) is 5.91. The number of nitrogens with zero attached hydrogens (tertiary/aromatic N) is 2. The molecule has 0 fully saturated rings. The minimum Gasteiger partial charge on any atom is -0.370 e. The number of anilines is 1. The lowest BCUT2D eigenvalue weighted by Gasteiger charge is -2.08. The first-order valence-corrected chi connectivity index (χ1v) is 7.84. The highest BCUT2D eigenvalue weighted by atomic mass is 79.9. The van der Waals surface area contributed by atoms with Crippen molar-refractivity contribution in [2.24, 2.45) is 0 Å². The number of nitrogens with one attached hydrogen (secondary N) is 1. The molecule has 0 aliphatic carbocycles. The molecule has 1 heterocycles. The average Bonchev–Trinajstić information content (AvgIpc) is 2.40. The molecule has 0 radical (unpaired) electrons. The van der Waals surface area contributed by atoms with Crippen LogP contribution in [0.4, 0.5) is 5.82 Å². The van der Waals surface area contributed by atoms with Crippen LogP contribution in [0.5, 0.6) is 0 Å². The zero-order valence-electron chi connectivity index (χ0n) is 11.0. The molecule has 0 saturated carbocycles. The molecular formula is C14H14BrCl2N3. The molecule has 1 aromatic heterocycles. The van der Waals surface area contributed by atoms with Crippen LogP contribution in [0.2, 0.25) is 10.0 Å². The van der Waals surface area contributed by atoms with Crippen molar-refractivity contribution in [1.82, 2.24) is 9.97 Å². The third-order valence-corrected chi connectivity index (χ3v) is 3.77. The molecule has 106 valence electrons. The Bertz CT molecular complexity index is 605. The number of hydrogen-bond acceptors (Lipinski definition) is 3. The van der Waals surface area contributed by atoms with Gasteiger partial charge in [-0.05, 0) is 40.0 Å². The van der Waals surface area contributed by atoms with Crippen LogP contribution in [-0.2, 0) is 12.8 Å². The van der Waals surface area contributed by atoms with E-state index in [1.807, 2.05) is 25.1 Å². The van der Waals surface area contributed by atoms with Gasteiger partial charge in [-0.15, -0.1) is 0 Å². The van der Waals surface area contributed by atoms with Gasteiger partial charge in [-0.2, -0.15) is 0 Å². The maximum absolute atomic E-state index is 6.14. The Morgan fingerprint density at radius 3 is 2.70 bits per heavy atom. The van der Waals surface area contributed by atoms with Gasteiger partial charge in [-0.3, -0.25) is 0 Å². The summed E-state index contributed by atoms with van der Waals surface area (Å²) in [5.74, 6) is 1.63. The summed E-state index contributed by atoms with van der Waals surface area (Å²) >= 11 is 15.4. The number of halogens is 3. The first-order chi connectivity index (χ1) is 9.58. The highest BCUT2D eigenvalue weighted by Gasteiger charge is 2.03. The highest BCUT2D eigenvalue weighted by Crippen LogP contribution is 2.21. The Morgan fingerprint density at radius 2 is 2.00 bits per heavy atom. The van der Waals surface area contributed by atoms with Crippen molar-refractivity contribution in [2.45, 2.75) is 19.8 Å². The molecule has 0 atom stereocenters. The zero-order valence-corrected chi connectivity index (χ0v) is 14.1. The predicted molar refractivity (Wildman–Crippen MR) is 87.8 cm³/mol. The summed E-state index contributed by atoms with van der Waals surface area (Å²) in [5, 5.41) is 4.62. The summed E-state index contributed by atoms with van der Waals surface area (Å²) in [6.07, 6.45) is 1.61. The van der Waals surface area contributed by atoms with Crippen molar-refractivity contribution in [3.05, 3.63) is 50.3 Å². The van der Waals surface area contributed by atoms with E-state index in [1.54, 1.807) is 6.07 Å². The second-order valence-electron chi connectivity index (χ2n) is 4.26. The van der Waals surface area contributed by atoms with E-state index in [0.29, 0.717) is 10.0 Å². The van der Waals surface area contributed by atoms with Gasteiger partial charge >= 0.3 is 0 Å². The molecule has 1 aromatic carbocycles. The maximum Gasteiger partial charge on any atom is 0.131 e. The van der Waals surface area contributed by atoms with Crippen molar-refractivity contribution in [3.63, 3.8) is 0 Å². The Hall–Kier alpha value is -0.840. The van der Waals surface area contributed by atoms with Gasteiger partial charge in [0, 0.05) is 29.1 Å². The van der Waals surface area contributed by atoms with Gasteiger partial charge in [-0.1, -0.05) is 36.2 Å². The Labute approximate surface area is 136 Å². The van der Waals surface area contributed by atoms with E-state index in [1.165, 1.54) is 0 Å². The van der Waals surface area contributed by atoms with E-state index in [9.17, 15) is 0 Å². The number of rotatable bonds is 5. The van der Waals surface area contributed by atoms with E-state index in [2.05, 4.69) is 31.2 Å². The predicted octanol–water partition coefficient (Wildman–Crippen LogP) is 4.76. The lowest BCUT2D eigenvalue weighted by Crippen LogP contribution is -2.08. The summed E-state index contributed by atoms with van der Waals surface area (Å²) in [5.41, 5.74) is 1.06. The van der Waals surface area contributed by atoms with Crippen LogP contribution in [0, 0.1) is 0 Å². The fourth-order valence-corrected chi connectivity index (χ4v) is 2.69. The number of hydrogen-bond donors (Lipinski definition) is 1. The molecule has 3 nitrogen and oxygen atoms in total. The van der Waals surface area contributed by atoms with E-state index in [0.717, 1.165) is 41.2 Å². The largest absolute Gasteiger partial charge is 0.370 e. The third kappa shape index (κ3) is 4.33. The molecule has 0 unspecified atom stereocenters. The quantitative estimate of drug-likeness (QED) is 0.766. The van der Waals surface area contributed by atoms with E-state index in [4.69, 9.17) is 23.2 Å². The number of aryl methyl sites for hydroxylation is 1. The van der Waals surface area contributed by atoms with Gasteiger partial charge in [0.2, 0.25) is 0 Å². The van der Waals surface area contributed by atoms with Crippen molar-refractivity contribution < 1.29 is 0 Å². The summed E-state index contributed by atoms with van der Waals surface area (Å²) < 4.78 is 0.788. The molecule has 20 heavy (non-hydrogen) atoms. The smallest absolute Gasteiger partial charge is 0.131 e. The molecule has 0 amide bonds. The molecule has 2 aromatic rings. The van der Waals surface area contributed by atoms with Crippen LogP contribution >= 0.6 is 39.1 Å². The lowest BCUT2D eigenvalue weighted by molar-refractivity contribution is 0.915. The van der Waals surface area contributed by atoms with Crippen LogP contribution < -0.4 is 5.32 Å². The van der Waals surface area contributed by atoms with E-state index in [-0.39, 0.29) is 0 Å². The summed E-state index contributed by atoms with van der Waals surface area (Å²) in [4.78, 5) is 8.69. The van der Waals surface area contributed by atoms with Crippen LogP contribution in [0.15, 0.2) is 28.9 Å². The Morgan fingerprint density at radius 1 is 1.20 bits per heavy atom. The molecule has 0 spiro atoms. The number of aromatic nitrogens is 2. The average molecular weight is 375 g/mol. The van der Waals surface area contributed by atoms with E-state index >= 15 is 0 Å². The molecule has 0 saturated heterocycles. The van der Waals surface area contributed by atoms with Gasteiger partial charge in [0.15, 0.2) is 0 Å². The normalized spacial score (nSPS) is 10.6. The lowest BCUT2D eigenvalue weighted by atomic mass is 10.1. The topological polar surface area (TPSA) is 37.8 Å². The van der Waals surface area contributed by atoms with Crippen LogP contribution in [0.25, 0.3) is 0 Å². The molecule has 0 bridgehead atoms. The highest BCUT2D eigenvalue weighted by molar-refractivity contribution is 9.10. The molecule has 2 rings (SSSR count). The van der Waals surface area contributed by atoms with Crippen molar-refractivity contribution in [1.29, 1.82) is 0 Å². The SMILES string of the molecule is CCc1nc(Br)cc(NCCc2ccc(Cl)cc2Cl)n1. The van der Waals surface area contributed by atoms with Crippen molar-refractivity contribution in [3.8, 4) is 0 Å². The Kier molecular flexibility index (Phi) is 5.64. The molecule has 0 aliphatic rings. The summed E-state index contributed by atoms with van der Waals surface area (Å²) in [6.45, 7) is 2.77. The zero-order chi connectivity index (χ0) is 14.5. The van der Waals surface area contributed by atoms with Crippen LogP contribution in [-0.4, -0.2) is 16.5 Å². The van der Waals surface area contributed by atoms with Crippen molar-refractivity contribution in [2.75, 3.05) is 11.9 Å². The summed E-state index contributed by atoms with van der Waals surface area (Å²) in [6, 6.07) is 7.41. The maximum atomic E-state index is 6.14. The standard InChI is InChI=1S/C14H14BrCl2N3/c1-2-13-19-12(15)8-14(20-13)18-6-5-9-3-4-10(16)7-11(9)17/h3-4,7-8H,2,5-6H2,1H3,(H,18,19,20).